The zero-order chi connectivity index (χ0) is 14.4. The first-order chi connectivity index (χ1) is 9.52. The van der Waals surface area contributed by atoms with E-state index in [1.165, 1.54) is 17.6 Å². The van der Waals surface area contributed by atoms with E-state index in [0.29, 0.717) is 11.7 Å². The van der Waals surface area contributed by atoms with Crippen LogP contribution in [0.1, 0.15) is 52.0 Å². The molecule has 1 heteroatoms. The lowest BCUT2D eigenvalue weighted by Gasteiger charge is -2.39. The summed E-state index contributed by atoms with van der Waals surface area (Å²) in [7, 11) is 0. The smallest absolute Gasteiger partial charge is 0.143 e. The molecule has 0 amide bonds. The molecule has 0 spiro atoms. The van der Waals surface area contributed by atoms with Crippen molar-refractivity contribution in [1.82, 2.24) is 0 Å². The number of ketones is 1. The highest BCUT2D eigenvalue weighted by Gasteiger charge is 2.65. The number of hydrogen-bond acceptors (Lipinski definition) is 1. The maximum Gasteiger partial charge on any atom is 0.143 e. The van der Waals surface area contributed by atoms with E-state index in [1.807, 2.05) is 6.07 Å². The van der Waals surface area contributed by atoms with Gasteiger partial charge in [-0.15, -0.1) is 0 Å². The molecule has 0 saturated heterocycles. The van der Waals surface area contributed by atoms with Crippen LogP contribution >= 0.6 is 0 Å². The molecule has 2 saturated carbocycles. The molecule has 2 bridgehead atoms. The largest absolute Gasteiger partial charge is 0.299 e. The first-order valence-electron chi connectivity index (χ1n) is 7.82. The summed E-state index contributed by atoms with van der Waals surface area (Å²) >= 11 is 0. The van der Waals surface area contributed by atoms with Crippen molar-refractivity contribution in [3.05, 3.63) is 41.5 Å². The Hall–Kier alpha value is -1.37. The third-order valence-electron chi connectivity index (χ3n) is 5.97. The van der Waals surface area contributed by atoms with Crippen molar-refractivity contribution < 1.29 is 4.79 Å². The molecule has 2 fully saturated rings. The van der Waals surface area contributed by atoms with Crippen molar-refractivity contribution in [2.45, 2.75) is 46.5 Å². The van der Waals surface area contributed by atoms with Gasteiger partial charge in [-0.05, 0) is 36.2 Å². The van der Waals surface area contributed by atoms with Crippen LogP contribution in [0.3, 0.4) is 0 Å². The Bertz CT molecular complexity index is 552. The number of Topliss-reactive ketones (excluding diaryl/α,β-unsaturated/α-hetero) is 1. The number of fused-ring (bicyclic) bond motifs is 2. The molecule has 2 atom stereocenters. The van der Waals surface area contributed by atoms with E-state index < -0.39 is 0 Å². The minimum atomic E-state index is -0.192. The van der Waals surface area contributed by atoms with Crippen molar-refractivity contribution in [2.24, 2.45) is 16.7 Å². The summed E-state index contributed by atoms with van der Waals surface area (Å²) in [5.74, 6) is 1.07. The lowest BCUT2D eigenvalue weighted by molar-refractivity contribution is -0.127. The van der Waals surface area contributed by atoms with Crippen LogP contribution in [0.25, 0.3) is 6.08 Å². The van der Waals surface area contributed by atoms with Crippen LogP contribution in [0.4, 0.5) is 0 Å². The zero-order valence-electron chi connectivity index (χ0n) is 12.8. The van der Waals surface area contributed by atoms with Gasteiger partial charge >= 0.3 is 0 Å². The highest BCUT2D eigenvalue weighted by atomic mass is 16.1. The third kappa shape index (κ3) is 1.65. The van der Waals surface area contributed by atoms with Crippen molar-refractivity contribution in [1.29, 1.82) is 0 Å². The van der Waals surface area contributed by atoms with E-state index in [4.69, 9.17) is 0 Å². The number of hydrogen-bond donors (Lipinski definition) is 0. The maximum absolute atomic E-state index is 12.7. The van der Waals surface area contributed by atoms with Gasteiger partial charge in [0.05, 0.1) is 5.41 Å². The molecule has 1 aromatic carbocycles. The van der Waals surface area contributed by atoms with Crippen molar-refractivity contribution >= 4 is 11.9 Å². The van der Waals surface area contributed by atoms with Crippen LogP contribution in [0, 0.1) is 16.7 Å². The van der Waals surface area contributed by atoms with Gasteiger partial charge in [-0.3, -0.25) is 4.79 Å². The molecule has 2 aliphatic carbocycles. The van der Waals surface area contributed by atoms with Crippen LogP contribution in [0.5, 0.6) is 0 Å². The van der Waals surface area contributed by atoms with E-state index in [-0.39, 0.29) is 10.8 Å². The molecule has 1 nitrogen and oxygen atoms in total. The third-order valence-corrected chi connectivity index (χ3v) is 5.97. The summed E-state index contributed by atoms with van der Waals surface area (Å²) < 4.78 is 0. The summed E-state index contributed by atoms with van der Waals surface area (Å²) in [6, 6.07) is 10.4. The van der Waals surface area contributed by atoms with E-state index in [1.54, 1.807) is 0 Å². The number of allylic oxidation sites excluding steroid dienone is 1. The minimum absolute atomic E-state index is 0.126. The molecule has 0 N–H and O–H groups in total. The van der Waals surface area contributed by atoms with Gasteiger partial charge in [-0.25, -0.2) is 0 Å². The lowest BCUT2D eigenvalue weighted by Crippen LogP contribution is -2.37. The quantitative estimate of drug-likeness (QED) is 0.764. The predicted molar refractivity (Wildman–Crippen MR) is 83.3 cm³/mol. The van der Waals surface area contributed by atoms with Gasteiger partial charge in [0.1, 0.15) is 5.78 Å². The molecule has 3 rings (SSSR count). The Labute approximate surface area is 122 Å². The van der Waals surface area contributed by atoms with Gasteiger partial charge < -0.3 is 0 Å². The fourth-order valence-electron chi connectivity index (χ4n) is 4.71. The van der Waals surface area contributed by atoms with E-state index in [2.05, 4.69) is 51.1 Å². The summed E-state index contributed by atoms with van der Waals surface area (Å²) in [5.41, 5.74) is 2.50. The summed E-state index contributed by atoms with van der Waals surface area (Å²) in [6.07, 6.45) is 6.30. The molecular weight excluding hydrogens is 244 g/mol. The number of carbonyl (C=O) groups is 1. The Morgan fingerprint density at radius 2 is 2.00 bits per heavy atom. The van der Waals surface area contributed by atoms with Gasteiger partial charge in [0.2, 0.25) is 0 Å². The Kier molecular flexibility index (Phi) is 3.12. The van der Waals surface area contributed by atoms with Gasteiger partial charge in [0, 0.05) is 6.42 Å². The van der Waals surface area contributed by atoms with Gasteiger partial charge in [0.25, 0.3) is 0 Å². The van der Waals surface area contributed by atoms with Crippen LogP contribution in [0.15, 0.2) is 35.9 Å². The van der Waals surface area contributed by atoms with Crippen LogP contribution < -0.4 is 0 Å². The number of benzene rings is 1. The molecule has 0 aromatic heterocycles. The summed E-state index contributed by atoms with van der Waals surface area (Å²) in [4.78, 5) is 12.7. The average molecular weight is 268 g/mol. The lowest BCUT2D eigenvalue weighted by atomic mass is 9.63. The van der Waals surface area contributed by atoms with E-state index in [0.717, 1.165) is 19.3 Å². The first kappa shape index (κ1) is 13.6. The fourth-order valence-corrected chi connectivity index (χ4v) is 4.71. The first-order valence-corrected chi connectivity index (χ1v) is 7.82. The average Bonchev–Trinajstić information content (AvgIpc) is 2.80. The van der Waals surface area contributed by atoms with Gasteiger partial charge in [0.15, 0.2) is 0 Å². The summed E-state index contributed by atoms with van der Waals surface area (Å²) in [6.45, 7) is 6.81. The topological polar surface area (TPSA) is 17.1 Å². The maximum atomic E-state index is 12.7. The van der Waals surface area contributed by atoms with Gasteiger partial charge in [-0.2, -0.15) is 0 Å². The molecule has 2 unspecified atom stereocenters. The Balaban J connectivity index is 2.09. The second-order valence-electron chi connectivity index (χ2n) is 6.92. The Morgan fingerprint density at radius 1 is 1.30 bits per heavy atom. The molecule has 2 aliphatic rings. The van der Waals surface area contributed by atoms with Crippen molar-refractivity contribution in [2.75, 3.05) is 0 Å². The Morgan fingerprint density at radius 3 is 2.50 bits per heavy atom. The molecule has 106 valence electrons. The van der Waals surface area contributed by atoms with Gasteiger partial charge in [-0.1, -0.05) is 62.8 Å². The van der Waals surface area contributed by atoms with Crippen LogP contribution in [-0.2, 0) is 4.79 Å². The molecule has 1 aromatic rings. The van der Waals surface area contributed by atoms with Crippen LogP contribution in [0.2, 0.25) is 0 Å². The number of rotatable bonds is 3. The van der Waals surface area contributed by atoms with E-state index in [9.17, 15) is 4.79 Å². The molecule has 20 heavy (non-hydrogen) atoms. The normalized spacial score (nSPS) is 31.9. The highest BCUT2D eigenvalue weighted by Crippen LogP contribution is 2.67. The monoisotopic (exact) mass is 268 g/mol. The summed E-state index contributed by atoms with van der Waals surface area (Å²) in [5, 5.41) is 0. The van der Waals surface area contributed by atoms with E-state index >= 15 is 0 Å². The zero-order valence-corrected chi connectivity index (χ0v) is 12.8. The molecule has 0 aliphatic heterocycles. The van der Waals surface area contributed by atoms with Crippen LogP contribution in [-0.4, -0.2) is 5.78 Å². The fraction of sp³-hybridized carbons (Fsp3) is 0.526. The second-order valence-corrected chi connectivity index (χ2v) is 6.92. The highest BCUT2D eigenvalue weighted by molar-refractivity contribution is 5.94. The second kappa shape index (κ2) is 4.58. The van der Waals surface area contributed by atoms with Crippen molar-refractivity contribution in [3.63, 3.8) is 0 Å². The molecular formula is C19H24O. The standard InChI is InChI=1S/C19H24O/c1-4-15(12-14-8-6-5-7-9-14)19-11-10-16(13-17(19)20)18(19,2)3/h5-9,12,16H,4,10-11,13H2,1-3H3. The number of carbonyl (C=O) groups excluding carboxylic acids is 1. The minimum Gasteiger partial charge on any atom is -0.299 e. The molecule has 0 heterocycles. The van der Waals surface area contributed by atoms with Crippen molar-refractivity contribution in [3.8, 4) is 0 Å². The SMILES string of the molecule is CCC(=Cc1ccccc1)C12CCC(CC1=O)C2(C)C. The molecule has 0 radical (unpaired) electrons. The predicted octanol–water partition coefficient (Wildman–Crippen LogP) is 4.88.